The summed E-state index contributed by atoms with van der Waals surface area (Å²) in [5, 5.41) is 2.85. The highest BCUT2D eigenvalue weighted by atomic mass is 19.1. The molecule has 5 nitrogen and oxygen atoms in total. The lowest BCUT2D eigenvalue weighted by molar-refractivity contribution is 0.100. The third-order valence-corrected chi connectivity index (χ3v) is 2.77. The van der Waals surface area contributed by atoms with Crippen molar-refractivity contribution in [2.75, 3.05) is 18.2 Å². The minimum absolute atomic E-state index is 0.00952. The summed E-state index contributed by atoms with van der Waals surface area (Å²) in [6.45, 7) is 0. The first-order chi connectivity index (χ1) is 9.51. The molecule has 20 heavy (non-hydrogen) atoms. The van der Waals surface area contributed by atoms with Gasteiger partial charge in [0.15, 0.2) is 0 Å². The lowest BCUT2D eigenvalue weighted by Gasteiger charge is -2.11. The largest absolute Gasteiger partial charge is 0.497 e. The van der Waals surface area contributed by atoms with Crippen molar-refractivity contribution >= 4 is 23.0 Å². The summed E-state index contributed by atoms with van der Waals surface area (Å²) in [7, 11) is 1.56. The normalized spacial score (nSPS) is 10.1. The smallest absolute Gasteiger partial charge is 0.250 e. The molecule has 0 heterocycles. The van der Waals surface area contributed by atoms with Crippen molar-refractivity contribution in [1.82, 2.24) is 0 Å². The lowest BCUT2D eigenvalue weighted by atomic mass is 10.1. The summed E-state index contributed by atoms with van der Waals surface area (Å²) in [5.41, 5.74) is 11.6. The van der Waals surface area contributed by atoms with Crippen LogP contribution in [0, 0.1) is 5.82 Å². The van der Waals surface area contributed by atoms with Gasteiger partial charge >= 0.3 is 0 Å². The van der Waals surface area contributed by atoms with Crippen LogP contribution >= 0.6 is 0 Å². The molecule has 0 spiro atoms. The second-order valence-electron chi connectivity index (χ2n) is 4.14. The number of amides is 1. The van der Waals surface area contributed by atoms with Crippen LogP contribution in [0.4, 0.5) is 21.5 Å². The van der Waals surface area contributed by atoms with Crippen LogP contribution in [0.3, 0.4) is 0 Å². The summed E-state index contributed by atoms with van der Waals surface area (Å²) in [6, 6.07) is 9.25. The fourth-order valence-electron chi connectivity index (χ4n) is 1.73. The molecule has 0 aromatic heterocycles. The summed E-state index contributed by atoms with van der Waals surface area (Å²) in [6.07, 6.45) is 0. The number of nitrogen functional groups attached to an aromatic ring is 1. The number of rotatable bonds is 4. The Morgan fingerprint density at radius 3 is 2.45 bits per heavy atom. The molecule has 0 aliphatic rings. The van der Waals surface area contributed by atoms with Crippen molar-refractivity contribution in [1.29, 1.82) is 0 Å². The second kappa shape index (κ2) is 5.48. The third kappa shape index (κ3) is 2.80. The molecule has 2 rings (SSSR count). The number of nitrogens with two attached hydrogens (primary N) is 2. The number of carbonyl (C=O) groups excluding carboxylic acids is 1. The van der Waals surface area contributed by atoms with E-state index in [1.807, 2.05) is 0 Å². The van der Waals surface area contributed by atoms with Gasteiger partial charge < -0.3 is 21.5 Å². The Kier molecular flexibility index (Phi) is 3.74. The minimum Gasteiger partial charge on any atom is -0.497 e. The van der Waals surface area contributed by atoms with Gasteiger partial charge in [0.25, 0.3) is 5.91 Å². The molecule has 0 unspecified atom stereocenters. The Bertz CT molecular complexity index is 642. The molecule has 0 radical (unpaired) electrons. The summed E-state index contributed by atoms with van der Waals surface area (Å²) < 4.78 is 18.8. The average Bonchev–Trinajstić information content (AvgIpc) is 2.42. The van der Waals surface area contributed by atoms with E-state index in [0.717, 1.165) is 6.07 Å². The topological polar surface area (TPSA) is 90.4 Å². The van der Waals surface area contributed by atoms with E-state index in [4.69, 9.17) is 16.2 Å². The van der Waals surface area contributed by atoms with Gasteiger partial charge in [0.05, 0.1) is 18.4 Å². The van der Waals surface area contributed by atoms with Gasteiger partial charge in [-0.1, -0.05) is 0 Å². The molecule has 0 saturated carbocycles. The van der Waals surface area contributed by atoms with Crippen LogP contribution in [-0.4, -0.2) is 13.0 Å². The van der Waals surface area contributed by atoms with Crippen LogP contribution < -0.4 is 21.5 Å². The number of hydrogen-bond acceptors (Lipinski definition) is 4. The van der Waals surface area contributed by atoms with Crippen LogP contribution in [0.5, 0.6) is 5.75 Å². The quantitative estimate of drug-likeness (QED) is 0.746. The maximum Gasteiger partial charge on any atom is 0.250 e. The molecule has 0 fully saturated rings. The molecule has 1 amide bonds. The van der Waals surface area contributed by atoms with Crippen molar-refractivity contribution in [2.24, 2.45) is 5.73 Å². The highest BCUT2D eigenvalue weighted by Gasteiger charge is 2.12. The Balaban J connectivity index is 2.32. The van der Waals surface area contributed by atoms with Crippen LogP contribution in [-0.2, 0) is 0 Å². The minimum atomic E-state index is -0.708. The molecular weight excluding hydrogens is 261 g/mol. The van der Waals surface area contributed by atoms with Crippen molar-refractivity contribution in [2.45, 2.75) is 0 Å². The molecule has 0 aliphatic carbocycles. The number of halogens is 1. The van der Waals surface area contributed by atoms with Crippen LogP contribution in [0.15, 0.2) is 36.4 Å². The molecule has 5 N–H and O–H groups in total. The molecule has 0 bridgehead atoms. The van der Waals surface area contributed by atoms with Crippen LogP contribution in [0.2, 0.25) is 0 Å². The number of ether oxygens (including phenoxy) is 1. The zero-order valence-corrected chi connectivity index (χ0v) is 10.8. The van der Waals surface area contributed by atoms with Gasteiger partial charge in [0.2, 0.25) is 0 Å². The molecule has 0 aliphatic heterocycles. The van der Waals surface area contributed by atoms with E-state index in [9.17, 15) is 9.18 Å². The van der Waals surface area contributed by atoms with Gasteiger partial charge in [-0.2, -0.15) is 0 Å². The van der Waals surface area contributed by atoms with Crippen LogP contribution in [0.1, 0.15) is 10.4 Å². The summed E-state index contributed by atoms with van der Waals surface area (Å²) in [4.78, 5) is 11.2. The highest BCUT2D eigenvalue weighted by Crippen LogP contribution is 2.26. The van der Waals surface area contributed by atoms with E-state index in [-0.39, 0.29) is 16.9 Å². The molecule has 0 saturated heterocycles. The first-order valence-corrected chi connectivity index (χ1v) is 5.81. The maximum absolute atomic E-state index is 13.8. The first-order valence-electron chi connectivity index (χ1n) is 5.81. The Morgan fingerprint density at radius 1 is 1.25 bits per heavy atom. The summed E-state index contributed by atoms with van der Waals surface area (Å²) in [5.74, 6) is -0.588. The molecule has 104 valence electrons. The molecule has 2 aromatic carbocycles. The maximum atomic E-state index is 13.8. The third-order valence-electron chi connectivity index (χ3n) is 2.77. The Morgan fingerprint density at radius 2 is 1.90 bits per heavy atom. The Hall–Kier alpha value is -2.76. The molecule has 0 atom stereocenters. The predicted octanol–water partition coefficient (Wildman–Crippen LogP) is 2.26. The predicted molar refractivity (Wildman–Crippen MR) is 75.6 cm³/mol. The average molecular weight is 275 g/mol. The fourth-order valence-corrected chi connectivity index (χ4v) is 1.73. The number of hydrogen-bond donors (Lipinski definition) is 3. The van der Waals surface area contributed by atoms with Crippen molar-refractivity contribution in [3.63, 3.8) is 0 Å². The molecular formula is C14H14FN3O2. The second-order valence-corrected chi connectivity index (χ2v) is 4.14. The Labute approximate surface area is 115 Å². The van der Waals surface area contributed by atoms with E-state index < -0.39 is 11.7 Å². The number of benzene rings is 2. The van der Waals surface area contributed by atoms with E-state index >= 15 is 0 Å². The van der Waals surface area contributed by atoms with Crippen molar-refractivity contribution < 1.29 is 13.9 Å². The van der Waals surface area contributed by atoms with Gasteiger partial charge in [0, 0.05) is 11.4 Å². The van der Waals surface area contributed by atoms with E-state index in [0.29, 0.717) is 11.4 Å². The number of methoxy groups -OCH3 is 1. The summed E-state index contributed by atoms with van der Waals surface area (Å²) >= 11 is 0. The number of anilines is 3. The monoisotopic (exact) mass is 275 g/mol. The van der Waals surface area contributed by atoms with E-state index in [1.54, 1.807) is 31.4 Å². The number of primary amides is 1. The number of carbonyl (C=O) groups is 1. The van der Waals surface area contributed by atoms with Gasteiger partial charge in [0.1, 0.15) is 11.6 Å². The van der Waals surface area contributed by atoms with Crippen molar-refractivity contribution in [3.05, 3.63) is 47.8 Å². The SMILES string of the molecule is COc1ccc(Nc2cc(C(N)=O)c(N)cc2F)cc1. The lowest BCUT2D eigenvalue weighted by Crippen LogP contribution is -2.14. The number of nitrogens with one attached hydrogen (secondary N) is 1. The van der Waals surface area contributed by atoms with Crippen molar-refractivity contribution in [3.8, 4) is 5.75 Å². The van der Waals surface area contributed by atoms with E-state index in [1.165, 1.54) is 6.07 Å². The van der Waals surface area contributed by atoms with E-state index in [2.05, 4.69) is 5.32 Å². The first kappa shape index (κ1) is 13.7. The van der Waals surface area contributed by atoms with Gasteiger partial charge in [-0.25, -0.2) is 4.39 Å². The van der Waals surface area contributed by atoms with Gasteiger partial charge in [-0.3, -0.25) is 4.79 Å². The standard InChI is InChI=1S/C14H14FN3O2/c1-20-9-4-2-8(3-5-9)18-13-6-10(14(17)19)12(16)7-11(13)15/h2-7,18H,16H2,1H3,(H2,17,19). The molecule has 2 aromatic rings. The van der Waals surface area contributed by atoms with Gasteiger partial charge in [-0.05, 0) is 36.4 Å². The zero-order chi connectivity index (χ0) is 14.7. The van der Waals surface area contributed by atoms with Crippen LogP contribution in [0.25, 0.3) is 0 Å². The fraction of sp³-hybridized carbons (Fsp3) is 0.0714. The van der Waals surface area contributed by atoms with Gasteiger partial charge in [-0.15, -0.1) is 0 Å². The highest BCUT2D eigenvalue weighted by molar-refractivity contribution is 5.99. The zero-order valence-electron chi connectivity index (χ0n) is 10.8. The molecule has 6 heteroatoms.